The Morgan fingerprint density at radius 2 is 1.84 bits per heavy atom. The zero-order valence-corrected chi connectivity index (χ0v) is 14.7. The standard InChI is InChI=1S/C19H16O4.C2H6/c1-3-7-13(8-4-2)11-12-15(20)17-18(21)14-9-5-6-10-16(14)23-19(17)22;1-2/h3-12,21H,1H2,2H3;1-2H3/b8-4-,12-11+,13-7+;. The van der Waals surface area contributed by atoms with E-state index in [0.717, 1.165) is 5.57 Å². The Morgan fingerprint density at radius 3 is 2.48 bits per heavy atom. The van der Waals surface area contributed by atoms with Crippen LogP contribution in [0.1, 0.15) is 31.1 Å². The van der Waals surface area contributed by atoms with Crippen molar-refractivity contribution in [2.75, 3.05) is 0 Å². The van der Waals surface area contributed by atoms with E-state index >= 15 is 0 Å². The minimum atomic E-state index is -0.865. The van der Waals surface area contributed by atoms with Gasteiger partial charge in [0.05, 0.1) is 5.39 Å². The van der Waals surface area contributed by atoms with Crippen molar-refractivity contribution < 1.29 is 14.3 Å². The number of fused-ring (bicyclic) bond motifs is 1. The second-order valence-electron chi connectivity index (χ2n) is 4.71. The normalized spacial score (nSPS) is 11.6. The minimum Gasteiger partial charge on any atom is -0.506 e. The maximum absolute atomic E-state index is 12.3. The van der Waals surface area contributed by atoms with Gasteiger partial charge in [-0.25, -0.2) is 4.79 Å². The zero-order chi connectivity index (χ0) is 18.8. The molecule has 0 aliphatic rings. The Labute approximate surface area is 147 Å². The van der Waals surface area contributed by atoms with Crippen LogP contribution in [-0.4, -0.2) is 10.9 Å². The van der Waals surface area contributed by atoms with Gasteiger partial charge in [-0.2, -0.15) is 0 Å². The summed E-state index contributed by atoms with van der Waals surface area (Å²) in [6, 6.07) is 6.49. The van der Waals surface area contributed by atoms with Gasteiger partial charge in [0.1, 0.15) is 16.9 Å². The lowest BCUT2D eigenvalue weighted by atomic mass is 10.1. The Morgan fingerprint density at radius 1 is 1.16 bits per heavy atom. The van der Waals surface area contributed by atoms with E-state index in [-0.39, 0.29) is 16.9 Å². The number of hydrogen-bond donors (Lipinski definition) is 1. The number of carbonyl (C=O) groups excluding carboxylic acids is 1. The lowest BCUT2D eigenvalue weighted by molar-refractivity contribution is 0.104. The highest BCUT2D eigenvalue weighted by Gasteiger charge is 2.18. The molecule has 0 spiro atoms. The molecule has 4 heteroatoms. The third-order valence-electron chi connectivity index (χ3n) is 3.13. The number of aromatic hydroxyl groups is 1. The number of hydrogen-bond acceptors (Lipinski definition) is 4. The minimum absolute atomic E-state index is 0.233. The van der Waals surface area contributed by atoms with Crippen LogP contribution in [0.2, 0.25) is 0 Å². The van der Waals surface area contributed by atoms with Crippen molar-refractivity contribution in [1.29, 1.82) is 0 Å². The Bertz CT molecular complexity index is 896. The maximum atomic E-state index is 12.3. The van der Waals surface area contributed by atoms with E-state index in [4.69, 9.17) is 4.42 Å². The van der Waals surface area contributed by atoms with Gasteiger partial charge in [-0.1, -0.05) is 62.9 Å². The summed E-state index contributed by atoms with van der Waals surface area (Å²) in [5, 5.41) is 10.5. The number of benzene rings is 1. The lowest BCUT2D eigenvalue weighted by Gasteiger charge is -2.03. The van der Waals surface area contributed by atoms with Crippen LogP contribution < -0.4 is 5.63 Å². The Balaban J connectivity index is 0.00000151. The molecule has 4 nitrogen and oxygen atoms in total. The maximum Gasteiger partial charge on any atom is 0.351 e. The Kier molecular flexibility index (Phi) is 7.87. The van der Waals surface area contributed by atoms with Crippen LogP contribution in [0.15, 0.2) is 82.1 Å². The molecule has 0 atom stereocenters. The van der Waals surface area contributed by atoms with Crippen LogP contribution in [-0.2, 0) is 0 Å². The molecule has 0 aliphatic carbocycles. The van der Waals surface area contributed by atoms with Crippen molar-refractivity contribution in [3.05, 3.63) is 88.9 Å². The van der Waals surface area contributed by atoms with E-state index in [1.165, 1.54) is 12.2 Å². The molecule has 0 fully saturated rings. The van der Waals surface area contributed by atoms with Crippen LogP contribution in [0.5, 0.6) is 5.75 Å². The van der Waals surface area contributed by atoms with Gasteiger partial charge in [-0.3, -0.25) is 4.79 Å². The second-order valence-corrected chi connectivity index (χ2v) is 4.71. The number of rotatable bonds is 5. The topological polar surface area (TPSA) is 67.5 Å². The third kappa shape index (κ3) is 4.91. The largest absolute Gasteiger partial charge is 0.506 e. The van der Waals surface area contributed by atoms with E-state index in [1.54, 1.807) is 42.5 Å². The van der Waals surface area contributed by atoms with E-state index in [1.807, 2.05) is 26.8 Å². The molecular formula is C21H22O4. The fourth-order valence-corrected chi connectivity index (χ4v) is 2.10. The predicted molar refractivity (Wildman–Crippen MR) is 102 cm³/mol. The van der Waals surface area contributed by atoms with Crippen LogP contribution in [0.4, 0.5) is 0 Å². The molecule has 2 aromatic rings. The zero-order valence-electron chi connectivity index (χ0n) is 14.7. The highest BCUT2D eigenvalue weighted by molar-refractivity contribution is 6.09. The van der Waals surface area contributed by atoms with Gasteiger partial charge in [-0.15, -0.1) is 0 Å². The van der Waals surface area contributed by atoms with Crippen molar-refractivity contribution >= 4 is 16.8 Å². The first-order valence-electron chi connectivity index (χ1n) is 8.01. The second kappa shape index (κ2) is 9.88. The van der Waals surface area contributed by atoms with Crippen molar-refractivity contribution in [2.45, 2.75) is 20.8 Å². The van der Waals surface area contributed by atoms with Crippen molar-refractivity contribution in [3.63, 3.8) is 0 Å². The first-order valence-corrected chi connectivity index (χ1v) is 8.01. The summed E-state index contributed by atoms with van der Waals surface area (Å²) in [4.78, 5) is 24.2. The molecule has 0 saturated carbocycles. The molecule has 0 bridgehead atoms. The summed E-state index contributed by atoms with van der Waals surface area (Å²) in [7, 11) is 0. The predicted octanol–water partition coefficient (Wildman–Crippen LogP) is 4.95. The van der Waals surface area contributed by atoms with Gasteiger partial charge < -0.3 is 9.52 Å². The molecule has 0 unspecified atom stereocenters. The smallest absolute Gasteiger partial charge is 0.351 e. The van der Waals surface area contributed by atoms with Crippen molar-refractivity contribution in [1.82, 2.24) is 0 Å². The summed E-state index contributed by atoms with van der Waals surface area (Å²) >= 11 is 0. The van der Waals surface area contributed by atoms with E-state index < -0.39 is 11.4 Å². The number of carbonyl (C=O) groups is 1. The van der Waals surface area contributed by atoms with E-state index in [0.29, 0.717) is 5.39 Å². The number of ketones is 1. The summed E-state index contributed by atoms with van der Waals surface area (Å²) in [5.41, 5.74) is -0.272. The van der Waals surface area contributed by atoms with Gasteiger partial charge in [0.2, 0.25) is 0 Å². The Hall–Kier alpha value is -3.14. The first-order chi connectivity index (χ1) is 12.1. The van der Waals surface area contributed by atoms with Crippen LogP contribution in [0.3, 0.4) is 0 Å². The van der Waals surface area contributed by atoms with Gasteiger partial charge in [0.25, 0.3) is 0 Å². The SMILES string of the molecule is C=C/C=C(\C=C/C)/C=C/C(=O)c1c(O)c2ccccc2oc1=O.CC. The first kappa shape index (κ1) is 19.9. The highest BCUT2D eigenvalue weighted by Crippen LogP contribution is 2.26. The number of para-hydroxylation sites is 1. The molecular weight excluding hydrogens is 316 g/mol. The molecule has 1 heterocycles. The van der Waals surface area contributed by atoms with Crippen molar-refractivity contribution in [3.8, 4) is 5.75 Å². The van der Waals surface area contributed by atoms with Gasteiger partial charge in [-0.05, 0) is 30.7 Å². The average molecular weight is 338 g/mol. The van der Waals surface area contributed by atoms with Crippen LogP contribution >= 0.6 is 0 Å². The molecule has 1 aromatic heterocycles. The van der Waals surface area contributed by atoms with Crippen molar-refractivity contribution in [2.24, 2.45) is 0 Å². The van der Waals surface area contributed by atoms with Gasteiger partial charge in [0, 0.05) is 0 Å². The van der Waals surface area contributed by atoms with Crippen LogP contribution in [0, 0.1) is 0 Å². The molecule has 0 amide bonds. The molecule has 2 rings (SSSR count). The fourth-order valence-electron chi connectivity index (χ4n) is 2.10. The molecule has 0 saturated heterocycles. The van der Waals surface area contributed by atoms with Gasteiger partial charge >= 0.3 is 5.63 Å². The molecule has 0 aliphatic heterocycles. The summed E-state index contributed by atoms with van der Waals surface area (Å²) in [6.45, 7) is 9.44. The highest BCUT2D eigenvalue weighted by atomic mass is 16.4. The molecule has 1 aromatic carbocycles. The monoisotopic (exact) mass is 338 g/mol. The third-order valence-corrected chi connectivity index (χ3v) is 3.13. The lowest BCUT2D eigenvalue weighted by Crippen LogP contribution is -2.12. The van der Waals surface area contributed by atoms with Gasteiger partial charge in [0.15, 0.2) is 5.78 Å². The van der Waals surface area contributed by atoms with E-state index in [9.17, 15) is 14.7 Å². The average Bonchev–Trinajstić information content (AvgIpc) is 2.62. The molecule has 0 radical (unpaired) electrons. The summed E-state index contributed by atoms with van der Waals surface area (Å²) in [5.74, 6) is -0.992. The summed E-state index contributed by atoms with van der Waals surface area (Å²) < 4.78 is 5.08. The molecule has 1 N–H and O–H groups in total. The molecule has 25 heavy (non-hydrogen) atoms. The number of allylic oxidation sites excluding steroid dienone is 7. The fraction of sp³-hybridized carbons (Fsp3) is 0.143. The summed E-state index contributed by atoms with van der Waals surface area (Å²) in [6.07, 6.45) is 9.66. The quantitative estimate of drug-likeness (QED) is 0.362. The molecule has 130 valence electrons. The van der Waals surface area contributed by atoms with Crippen LogP contribution in [0.25, 0.3) is 11.0 Å². The van der Waals surface area contributed by atoms with E-state index in [2.05, 4.69) is 6.58 Å².